The zero-order valence-corrected chi connectivity index (χ0v) is 11.2. The van der Waals surface area contributed by atoms with Crippen LogP contribution in [-0.2, 0) is 33.4 Å². The third-order valence-corrected chi connectivity index (χ3v) is 2.17. The van der Waals surface area contributed by atoms with Gasteiger partial charge in [0.05, 0.1) is 13.5 Å². The smallest absolute Gasteiger partial charge is 0.309 e. The first-order valence-corrected chi connectivity index (χ1v) is 5.73. The monoisotopic (exact) mass is 274 g/mol. The molecule has 0 N–H and O–H groups in total. The highest BCUT2D eigenvalue weighted by Gasteiger charge is 2.24. The molecule has 0 aliphatic carbocycles. The minimum Gasteiger partial charge on any atom is -0.469 e. The van der Waals surface area contributed by atoms with Gasteiger partial charge in [-0.05, 0) is 0 Å². The van der Waals surface area contributed by atoms with E-state index in [2.05, 4.69) is 4.74 Å². The Morgan fingerprint density at radius 3 is 2.00 bits per heavy atom. The van der Waals surface area contributed by atoms with Gasteiger partial charge in [-0.3, -0.25) is 14.4 Å². The minimum atomic E-state index is -0.797. The van der Waals surface area contributed by atoms with Crippen LogP contribution in [0, 0.1) is 0 Å². The van der Waals surface area contributed by atoms with Crippen molar-refractivity contribution in [2.45, 2.75) is 45.3 Å². The fraction of sp³-hybridized carbons (Fsp3) is 0.667. The molecule has 0 saturated carbocycles. The van der Waals surface area contributed by atoms with Crippen LogP contribution in [0.2, 0.25) is 0 Å². The van der Waals surface area contributed by atoms with Crippen LogP contribution >= 0.6 is 0 Å². The van der Waals surface area contributed by atoms with Crippen LogP contribution in [-0.4, -0.2) is 43.5 Å². The summed E-state index contributed by atoms with van der Waals surface area (Å²) in [6.07, 6.45) is -1.06. The Bertz CT molecular complexity index is 337. The van der Waals surface area contributed by atoms with E-state index in [4.69, 9.17) is 9.47 Å². The lowest BCUT2D eigenvalue weighted by atomic mass is 10.1. The maximum absolute atomic E-state index is 11.2. The van der Waals surface area contributed by atoms with Crippen LogP contribution in [0.25, 0.3) is 0 Å². The molecule has 0 fully saturated rings. The van der Waals surface area contributed by atoms with Gasteiger partial charge in [0.15, 0.2) is 0 Å². The van der Waals surface area contributed by atoms with Crippen molar-refractivity contribution >= 4 is 24.2 Å². The first-order chi connectivity index (χ1) is 8.88. The molecule has 2 unspecified atom stereocenters. The molecule has 0 aromatic rings. The molecule has 7 heteroatoms. The van der Waals surface area contributed by atoms with Gasteiger partial charge < -0.3 is 19.0 Å². The zero-order valence-electron chi connectivity index (χ0n) is 11.2. The molecule has 19 heavy (non-hydrogen) atoms. The van der Waals surface area contributed by atoms with Gasteiger partial charge >= 0.3 is 17.9 Å². The average molecular weight is 274 g/mol. The van der Waals surface area contributed by atoms with Crippen molar-refractivity contribution in [2.75, 3.05) is 7.11 Å². The summed E-state index contributed by atoms with van der Waals surface area (Å²) in [5.41, 5.74) is 0. The summed E-state index contributed by atoms with van der Waals surface area (Å²) in [4.78, 5) is 43.5. The third-order valence-electron chi connectivity index (χ3n) is 2.17. The van der Waals surface area contributed by atoms with Crippen molar-refractivity contribution in [3.63, 3.8) is 0 Å². The molecule has 0 radical (unpaired) electrons. The Balaban J connectivity index is 4.62. The molecule has 108 valence electrons. The maximum Gasteiger partial charge on any atom is 0.309 e. The Kier molecular flexibility index (Phi) is 8.15. The third kappa shape index (κ3) is 8.76. The Morgan fingerprint density at radius 1 is 1.05 bits per heavy atom. The fourth-order valence-electron chi connectivity index (χ4n) is 1.50. The molecular weight excluding hydrogens is 256 g/mol. The van der Waals surface area contributed by atoms with E-state index in [1.807, 2.05) is 0 Å². The van der Waals surface area contributed by atoms with Crippen molar-refractivity contribution < 1.29 is 33.4 Å². The van der Waals surface area contributed by atoms with Crippen molar-refractivity contribution in [1.29, 1.82) is 0 Å². The minimum absolute atomic E-state index is 0.0292. The summed E-state index contributed by atoms with van der Waals surface area (Å²) in [5, 5.41) is 0. The highest BCUT2D eigenvalue weighted by atomic mass is 16.6. The molecule has 0 aromatic heterocycles. The van der Waals surface area contributed by atoms with Gasteiger partial charge in [0.2, 0.25) is 0 Å². The maximum atomic E-state index is 11.2. The Hall–Kier alpha value is -1.92. The van der Waals surface area contributed by atoms with E-state index in [9.17, 15) is 19.2 Å². The molecule has 0 amide bonds. The first kappa shape index (κ1) is 17.1. The number of ether oxygens (including phenoxy) is 3. The van der Waals surface area contributed by atoms with Crippen LogP contribution < -0.4 is 0 Å². The molecule has 0 saturated heterocycles. The van der Waals surface area contributed by atoms with Gasteiger partial charge in [-0.25, -0.2) is 0 Å². The van der Waals surface area contributed by atoms with Crippen LogP contribution in [0.4, 0.5) is 0 Å². The van der Waals surface area contributed by atoms with E-state index in [0.29, 0.717) is 6.29 Å². The lowest BCUT2D eigenvalue weighted by Crippen LogP contribution is -2.28. The van der Waals surface area contributed by atoms with Crippen molar-refractivity contribution in [1.82, 2.24) is 0 Å². The number of esters is 3. The molecule has 0 rings (SSSR count). The summed E-state index contributed by atoms with van der Waals surface area (Å²) in [6.45, 7) is 2.41. The SMILES string of the molecule is COC(=O)CC(CC(CC=O)OC(C)=O)OC(C)=O. The number of aldehydes is 1. The summed E-state index contributed by atoms with van der Waals surface area (Å²) in [7, 11) is 1.21. The Labute approximate surface area is 111 Å². The second-order valence-electron chi connectivity index (χ2n) is 3.88. The predicted octanol–water partition coefficient (Wildman–Crippen LogP) is 0.392. The average Bonchev–Trinajstić information content (AvgIpc) is 2.27. The normalized spacial score (nSPS) is 13.0. The second kappa shape index (κ2) is 9.07. The van der Waals surface area contributed by atoms with E-state index in [1.54, 1.807) is 0 Å². The highest BCUT2D eigenvalue weighted by Crippen LogP contribution is 2.14. The van der Waals surface area contributed by atoms with Crippen molar-refractivity contribution in [3.05, 3.63) is 0 Å². The van der Waals surface area contributed by atoms with Gasteiger partial charge in [0.25, 0.3) is 0 Å². The van der Waals surface area contributed by atoms with Crippen molar-refractivity contribution in [2.24, 2.45) is 0 Å². The van der Waals surface area contributed by atoms with Crippen LogP contribution in [0.5, 0.6) is 0 Å². The standard InChI is InChI=1S/C12H18O7/c1-8(14)18-10(4-5-13)6-11(19-9(2)15)7-12(16)17-3/h5,10-11H,4,6-7H2,1-3H3. The Morgan fingerprint density at radius 2 is 1.58 bits per heavy atom. The zero-order chi connectivity index (χ0) is 14.8. The van der Waals surface area contributed by atoms with Gasteiger partial charge in [-0.15, -0.1) is 0 Å². The van der Waals surface area contributed by atoms with Gasteiger partial charge in [0.1, 0.15) is 18.5 Å². The number of carbonyl (C=O) groups is 4. The van der Waals surface area contributed by atoms with E-state index in [1.165, 1.54) is 21.0 Å². The summed E-state index contributed by atoms with van der Waals surface area (Å²) in [5.74, 6) is -1.67. The summed E-state index contributed by atoms with van der Waals surface area (Å²) in [6, 6.07) is 0. The predicted molar refractivity (Wildman–Crippen MR) is 63.0 cm³/mol. The van der Waals surface area contributed by atoms with Gasteiger partial charge in [-0.2, -0.15) is 0 Å². The molecule has 7 nitrogen and oxygen atoms in total. The van der Waals surface area contributed by atoms with E-state index < -0.39 is 30.1 Å². The molecule has 0 bridgehead atoms. The van der Waals surface area contributed by atoms with E-state index in [0.717, 1.165) is 0 Å². The molecule has 0 aliphatic heterocycles. The van der Waals surface area contributed by atoms with Gasteiger partial charge in [-0.1, -0.05) is 0 Å². The molecule has 0 aromatic carbocycles. The van der Waals surface area contributed by atoms with E-state index >= 15 is 0 Å². The molecule has 2 atom stereocenters. The fourth-order valence-corrected chi connectivity index (χ4v) is 1.50. The number of rotatable bonds is 8. The quantitative estimate of drug-likeness (QED) is 0.359. The molecule has 0 heterocycles. The largest absolute Gasteiger partial charge is 0.469 e. The first-order valence-electron chi connectivity index (χ1n) is 5.73. The molecular formula is C12H18O7. The summed E-state index contributed by atoms with van der Waals surface area (Å²) >= 11 is 0. The highest BCUT2D eigenvalue weighted by molar-refractivity contribution is 5.71. The van der Waals surface area contributed by atoms with Crippen LogP contribution in [0.15, 0.2) is 0 Å². The lowest BCUT2D eigenvalue weighted by Gasteiger charge is -2.21. The number of hydrogen-bond donors (Lipinski definition) is 0. The number of methoxy groups -OCH3 is 1. The second-order valence-corrected chi connectivity index (χ2v) is 3.88. The number of carbonyl (C=O) groups excluding carboxylic acids is 4. The number of hydrogen-bond acceptors (Lipinski definition) is 7. The van der Waals surface area contributed by atoms with Crippen LogP contribution in [0.3, 0.4) is 0 Å². The van der Waals surface area contributed by atoms with Gasteiger partial charge in [0, 0.05) is 26.7 Å². The van der Waals surface area contributed by atoms with Crippen LogP contribution in [0.1, 0.15) is 33.1 Å². The summed E-state index contributed by atoms with van der Waals surface area (Å²) < 4.78 is 14.3. The van der Waals surface area contributed by atoms with Crippen molar-refractivity contribution in [3.8, 4) is 0 Å². The topological polar surface area (TPSA) is 96.0 Å². The molecule has 0 aliphatic rings. The van der Waals surface area contributed by atoms with E-state index in [-0.39, 0.29) is 19.3 Å². The lowest BCUT2D eigenvalue weighted by molar-refractivity contribution is -0.156. The molecule has 0 spiro atoms.